The number of methoxy groups -OCH3 is 1. The van der Waals surface area contributed by atoms with E-state index in [0.29, 0.717) is 18.0 Å². The van der Waals surface area contributed by atoms with E-state index in [1.54, 1.807) is 17.0 Å². The number of aliphatic hydroxyl groups is 1. The normalized spacial score (nSPS) is 21.9. The van der Waals surface area contributed by atoms with Gasteiger partial charge in [-0.1, -0.05) is 17.7 Å². The third-order valence-electron chi connectivity index (χ3n) is 6.42. The van der Waals surface area contributed by atoms with Crippen molar-refractivity contribution in [2.75, 3.05) is 26.8 Å². The molecule has 35 heavy (non-hydrogen) atoms. The van der Waals surface area contributed by atoms with E-state index in [9.17, 15) is 32.7 Å². The highest BCUT2D eigenvalue weighted by Crippen LogP contribution is 2.52. The summed E-state index contributed by atoms with van der Waals surface area (Å²) in [5, 5.41) is 11.9. The van der Waals surface area contributed by atoms with Crippen molar-refractivity contribution in [3.05, 3.63) is 56.2 Å². The molecule has 4 atom stereocenters. The SMILES string of the molecule is COC(=O)c1ccc(CC(=O)N2C[C@@H]3C(C(=O)N[C@H](CO)c4ccc(Cl)c(C(F)(F)F)c4)[C@@H]3C2)s1. The number of benzene rings is 1. The minimum absolute atomic E-state index is 0.0387. The Hall–Kier alpha value is -2.63. The minimum Gasteiger partial charge on any atom is -0.465 e. The van der Waals surface area contributed by atoms with E-state index in [-0.39, 0.29) is 41.6 Å². The average Bonchev–Trinajstić information content (AvgIpc) is 3.14. The molecule has 1 aromatic carbocycles. The molecule has 1 aromatic heterocycles. The summed E-state index contributed by atoms with van der Waals surface area (Å²) in [6.07, 6.45) is -4.52. The maximum atomic E-state index is 13.2. The molecule has 2 amide bonds. The summed E-state index contributed by atoms with van der Waals surface area (Å²) in [6.45, 7) is 0.227. The van der Waals surface area contributed by atoms with Crippen LogP contribution in [0.2, 0.25) is 5.02 Å². The number of ether oxygens (including phenoxy) is 1. The first kappa shape index (κ1) is 25.5. The zero-order valence-electron chi connectivity index (χ0n) is 18.5. The molecule has 2 aromatic rings. The van der Waals surface area contributed by atoms with E-state index in [1.165, 1.54) is 24.5 Å². The van der Waals surface area contributed by atoms with Gasteiger partial charge in [-0.2, -0.15) is 13.2 Å². The third-order valence-corrected chi connectivity index (χ3v) is 7.82. The summed E-state index contributed by atoms with van der Waals surface area (Å²) in [5.41, 5.74) is -0.936. The van der Waals surface area contributed by atoms with Gasteiger partial charge in [-0.3, -0.25) is 9.59 Å². The molecule has 2 aliphatic rings. The molecule has 188 valence electrons. The Balaban J connectivity index is 1.32. The van der Waals surface area contributed by atoms with Crippen molar-refractivity contribution in [3.8, 4) is 0 Å². The van der Waals surface area contributed by atoms with Crippen molar-refractivity contribution in [2.24, 2.45) is 17.8 Å². The number of carbonyl (C=O) groups excluding carboxylic acids is 3. The van der Waals surface area contributed by atoms with Crippen LogP contribution in [0.1, 0.15) is 31.7 Å². The Labute approximate surface area is 207 Å². The fourth-order valence-electron chi connectivity index (χ4n) is 4.54. The molecule has 1 aliphatic heterocycles. The van der Waals surface area contributed by atoms with E-state index in [1.807, 2.05) is 0 Å². The van der Waals surface area contributed by atoms with Gasteiger partial charge in [0.1, 0.15) is 4.88 Å². The lowest BCUT2D eigenvalue weighted by Crippen LogP contribution is -2.37. The maximum absolute atomic E-state index is 13.2. The molecule has 0 bridgehead atoms. The number of halogens is 4. The van der Waals surface area contributed by atoms with E-state index in [4.69, 9.17) is 11.6 Å². The molecular formula is C23H22ClF3N2O5S. The fourth-order valence-corrected chi connectivity index (χ4v) is 5.68. The molecule has 1 unspecified atom stereocenters. The summed E-state index contributed by atoms with van der Waals surface area (Å²) in [7, 11) is 1.29. The van der Waals surface area contributed by atoms with Crippen LogP contribution in [0.4, 0.5) is 13.2 Å². The summed E-state index contributed by atoms with van der Waals surface area (Å²) in [5.74, 6) is -1.37. The third kappa shape index (κ3) is 5.31. The van der Waals surface area contributed by atoms with Crippen molar-refractivity contribution < 1.29 is 37.4 Å². The number of thiophene rings is 1. The van der Waals surface area contributed by atoms with Crippen LogP contribution in [-0.2, 0) is 26.9 Å². The topological polar surface area (TPSA) is 95.9 Å². The highest BCUT2D eigenvalue weighted by Gasteiger charge is 2.60. The molecule has 7 nitrogen and oxygen atoms in total. The first-order chi connectivity index (χ1) is 16.5. The van der Waals surface area contributed by atoms with Gasteiger partial charge in [0, 0.05) is 23.9 Å². The van der Waals surface area contributed by atoms with Crippen molar-refractivity contribution in [1.29, 1.82) is 0 Å². The number of piperidine rings is 1. The highest BCUT2D eigenvalue weighted by atomic mass is 35.5. The van der Waals surface area contributed by atoms with Crippen LogP contribution in [0, 0.1) is 17.8 Å². The van der Waals surface area contributed by atoms with Crippen LogP contribution in [0.15, 0.2) is 30.3 Å². The Morgan fingerprint density at radius 3 is 2.51 bits per heavy atom. The number of nitrogens with one attached hydrogen (secondary N) is 1. The van der Waals surface area contributed by atoms with Crippen LogP contribution in [0.25, 0.3) is 0 Å². The number of carbonyl (C=O) groups is 3. The summed E-state index contributed by atoms with van der Waals surface area (Å²) in [4.78, 5) is 39.8. The summed E-state index contributed by atoms with van der Waals surface area (Å²) < 4.78 is 44.1. The van der Waals surface area contributed by atoms with Gasteiger partial charge in [0.05, 0.1) is 36.8 Å². The molecule has 1 saturated heterocycles. The number of fused-ring (bicyclic) bond motifs is 1. The quantitative estimate of drug-likeness (QED) is 0.536. The van der Waals surface area contributed by atoms with Gasteiger partial charge >= 0.3 is 12.1 Å². The number of rotatable bonds is 7. The number of likely N-dealkylation sites (tertiary alicyclic amines) is 1. The maximum Gasteiger partial charge on any atom is 0.417 e. The number of amides is 2. The van der Waals surface area contributed by atoms with Crippen molar-refractivity contribution >= 4 is 40.7 Å². The standard InChI is InChI=1S/C23H22ClF3N2O5S/c1-34-22(33)18-5-3-12(35-18)7-19(31)29-8-13-14(9-29)20(13)21(32)28-17(10-30)11-2-4-16(24)15(6-11)23(25,26)27/h2-6,13-14,17,20,30H,7-10H2,1H3,(H,28,32)/t13-,14+,17-,20?/m1/s1. The largest absolute Gasteiger partial charge is 0.465 e. The molecule has 1 aliphatic carbocycles. The van der Waals surface area contributed by atoms with Crippen molar-refractivity contribution in [3.63, 3.8) is 0 Å². The first-order valence-corrected chi connectivity index (χ1v) is 12.0. The zero-order chi connectivity index (χ0) is 25.5. The van der Waals surface area contributed by atoms with Gasteiger partial charge in [-0.15, -0.1) is 11.3 Å². The second-order valence-electron chi connectivity index (χ2n) is 8.57. The second-order valence-corrected chi connectivity index (χ2v) is 10.1. The molecule has 0 spiro atoms. The van der Waals surface area contributed by atoms with E-state index in [2.05, 4.69) is 10.1 Å². The number of hydrogen-bond donors (Lipinski definition) is 2. The number of hydrogen-bond acceptors (Lipinski definition) is 6. The van der Waals surface area contributed by atoms with Gasteiger partial charge < -0.3 is 20.1 Å². The lowest BCUT2D eigenvalue weighted by molar-refractivity contribution is -0.137. The number of aliphatic hydroxyl groups excluding tert-OH is 1. The lowest BCUT2D eigenvalue weighted by atomic mass is 10.0. The molecule has 2 fully saturated rings. The fraction of sp³-hybridized carbons (Fsp3) is 0.435. The van der Waals surface area contributed by atoms with Crippen LogP contribution in [0.5, 0.6) is 0 Å². The van der Waals surface area contributed by atoms with Gasteiger partial charge in [-0.05, 0) is 41.7 Å². The molecule has 2 heterocycles. The molecule has 0 radical (unpaired) electrons. The van der Waals surface area contributed by atoms with E-state index >= 15 is 0 Å². The highest BCUT2D eigenvalue weighted by molar-refractivity contribution is 7.14. The first-order valence-electron chi connectivity index (χ1n) is 10.8. The van der Waals surface area contributed by atoms with Crippen molar-refractivity contribution in [1.82, 2.24) is 10.2 Å². The van der Waals surface area contributed by atoms with Gasteiger partial charge in [0.2, 0.25) is 11.8 Å². The molecular weight excluding hydrogens is 509 g/mol. The van der Waals surface area contributed by atoms with Gasteiger partial charge in [-0.25, -0.2) is 4.79 Å². The smallest absolute Gasteiger partial charge is 0.417 e. The number of esters is 1. The summed E-state index contributed by atoms with van der Waals surface area (Å²) >= 11 is 6.84. The van der Waals surface area contributed by atoms with E-state index < -0.39 is 35.4 Å². The molecule has 2 N–H and O–H groups in total. The average molecular weight is 531 g/mol. The van der Waals surface area contributed by atoms with Gasteiger partial charge in [0.15, 0.2) is 0 Å². The van der Waals surface area contributed by atoms with Crippen LogP contribution < -0.4 is 5.32 Å². The number of alkyl halides is 3. The lowest BCUT2D eigenvalue weighted by Gasteiger charge is -2.22. The van der Waals surface area contributed by atoms with Gasteiger partial charge in [0.25, 0.3) is 0 Å². The Morgan fingerprint density at radius 1 is 1.23 bits per heavy atom. The number of nitrogens with zero attached hydrogens (tertiary/aromatic N) is 1. The zero-order valence-corrected chi connectivity index (χ0v) is 20.0. The Bertz CT molecular complexity index is 1140. The molecule has 12 heteroatoms. The second kappa shape index (κ2) is 9.79. The van der Waals surface area contributed by atoms with Crippen LogP contribution >= 0.6 is 22.9 Å². The summed E-state index contributed by atoms with van der Waals surface area (Å²) in [6, 6.07) is 5.56. The Morgan fingerprint density at radius 2 is 1.91 bits per heavy atom. The Kier molecular flexibility index (Phi) is 7.12. The van der Waals surface area contributed by atoms with E-state index in [0.717, 1.165) is 17.0 Å². The predicted octanol–water partition coefficient (Wildman–Crippen LogP) is 3.30. The predicted molar refractivity (Wildman–Crippen MR) is 121 cm³/mol. The van der Waals surface area contributed by atoms with Crippen LogP contribution in [-0.4, -0.2) is 54.6 Å². The minimum atomic E-state index is -4.66. The monoisotopic (exact) mass is 530 g/mol. The van der Waals surface area contributed by atoms with Crippen molar-refractivity contribution in [2.45, 2.75) is 18.6 Å². The van der Waals surface area contributed by atoms with Crippen LogP contribution in [0.3, 0.4) is 0 Å². The molecule has 4 rings (SSSR count). The molecule has 1 saturated carbocycles.